The molecule has 1 rings (SSSR count). The first-order chi connectivity index (χ1) is 7.95. The Morgan fingerprint density at radius 3 is 2.65 bits per heavy atom. The van der Waals surface area contributed by atoms with Gasteiger partial charge in [0.15, 0.2) is 0 Å². The zero-order chi connectivity index (χ0) is 13.0. The van der Waals surface area contributed by atoms with Crippen LogP contribution in [0.1, 0.15) is 29.3 Å². The number of carbonyl (C=O) groups excluding carboxylic acids is 1. The van der Waals surface area contributed by atoms with Crippen LogP contribution >= 0.6 is 0 Å². The molecule has 0 radical (unpaired) electrons. The van der Waals surface area contributed by atoms with Crippen molar-refractivity contribution < 1.29 is 19.1 Å². The molecule has 0 bridgehead atoms. The van der Waals surface area contributed by atoms with E-state index in [2.05, 4.69) is 5.32 Å². The average molecular weight is 239 g/mol. The molecule has 0 heterocycles. The second kappa shape index (κ2) is 5.43. The van der Waals surface area contributed by atoms with Gasteiger partial charge in [-0.2, -0.15) is 0 Å². The number of hydrogen-bond acceptors (Lipinski definition) is 2. The first kappa shape index (κ1) is 13.2. The van der Waals surface area contributed by atoms with Gasteiger partial charge in [-0.15, -0.1) is 0 Å². The largest absolute Gasteiger partial charge is 0.480 e. The number of carboxylic acid groups (broad SMARTS) is 1. The summed E-state index contributed by atoms with van der Waals surface area (Å²) in [5, 5.41) is 11.1. The summed E-state index contributed by atoms with van der Waals surface area (Å²) < 4.78 is 13.0. The molecule has 17 heavy (non-hydrogen) atoms. The van der Waals surface area contributed by atoms with Crippen LogP contribution in [0.15, 0.2) is 18.2 Å². The van der Waals surface area contributed by atoms with Crippen LogP contribution in [-0.2, 0) is 4.79 Å². The summed E-state index contributed by atoms with van der Waals surface area (Å²) in [7, 11) is 0. The van der Waals surface area contributed by atoms with Gasteiger partial charge < -0.3 is 10.4 Å². The molecular formula is C12H14FNO3. The lowest BCUT2D eigenvalue weighted by atomic mass is 10.1. The predicted octanol–water partition coefficient (Wildman–Crippen LogP) is 1.73. The third-order valence-electron chi connectivity index (χ3n) is 2.46. The lowest BCUT2D eigenvalue weighted by molar-refractivity contribution is -0.139. The van der Waals surface area contributed by atoms with Gasteiger partial charge in [0.25, 0.3) is 5.91 Å². The molecule has 1 unspecified atom stereocenters. The van der Waals surface area contributed by atoms with Crippen molar-refractivity contribution in [2.45, 2.75) is 26.3 Å². The molecule has 1 atom stereocenters. The van der Waals surface area contributed by atoms with Gasteiger partial charge in [0, 0.05) is 5.56 Å². The smallest absolute Gasteiger partial charge is 0.326 e. The fourth-order valence-corrected chi connectivity index (χ4v) is 1.41. The van der Waals surface area contributed by atoms with E-state index in [4.69, 9.17) is 5.11 Å². The molecule has 0 spiro atoms. The van der Waals surface area contributed by atoms with Gasteiger partial charge >= 0.3 is 5.97 Å². The molecule has 92 valence electrons. The van der Waals surface area contributed by atoms with Crippen LogP contribution in [0.4, 0.5) is 4.39 Å². The Hall–Kier alpha value is -1.91. The highest BCUT2D eigenvalue weighted by atomic mass is 19.1. The van der Waals surface area contributed by atoms with Gasteiger partial charge in [-0.3, -0.25) is 4.79 Å². The first-order valence-electron chi connectivity index (χ1n) is 5.25. The van der Waals surface area contributed by atoms with E-state index >= 15 is 0 Å². The Balaban J connectivity index is 2.89. The van der Waals surface area contributed by atoms with Gasteiger partial charge in [-0.1, -0.05) is 13.0 Å². The molecule has 1 amide bonds. The maximum atomic E-state index is 13.0. The van der Waals surface area contributed by atoms with Crippen LogP contribution in [0.25, 0.3) is 0 Å². The zero-order valence-corrected chi connectivity index (χ0v) is 9.66. The van der Waals surface area contributed by atoms with E-state index in [0.29, 0.717) is 5.56 Å². The van der Waals surface area contributed by atoms with E-state index in [9.17, 15) is 14.0 Å². The lowest BCUT2D eigenvalue weighted by Crippen LogP contribution is -2.40. The Bertz CT molecular complexity index is 445. The monoisotopic (exact) mass is 239 g/mol. The molecule has 0 aromatic heterocycles. The van der Waals surface area contributed by atoms with E-state index in [1.807, 2.05) is 0 Å². The topological polar surface area (TPSA) is 66.4 Å². The highest BCUT2D eigenvalue weighted by Crippen LogP contribution is 2.10. The van der Waals surface area contributed by atoms with Crippen LogP contribution in [0.2, 0.25) is 0 Å². The molecule has 1 aromatic carbocycles. The molecule has 0 saturated carbocycles. The van der Waals surface area contributed by atoms with Crippen molar-refractivity contribution >= 4 is 11.9 Å². The minimum atomic E-state index is -1.10. The second-order valence-electron chi connectivity index (χ2n) is 3.73. The number of benzene rings is 1. The van der Waals surface area contributed by atoms with Crippen molar-refractivity contribution in [3.05, 3.63) is 35.1 Å². The van der Waals surface area contributed by atoms with Crippen LogP contribution in [-0.4, -0.2) is 23.0 Å². The Labute approximate surface area is 98.5 Å². The number of aryl methyl sites for hydroxylation is 1. The van der Waals surface area contributed by atoms with Crippen LogP contribution in [0.5, 0.6) is 0 Å². The van der Waals surface area contributed by atoms with E-state index in [1.165, 1.54) is 12.1 Å². The minimum absolute atomic E-state index is 0.157. The first-order valence-corrected chi connectivity index (χ1v) is 5.25. The van der Waals surface area contributed by atoms with Gasteiger partial charge in [0.05, 0.1) is 0 Å². The van der Waals surface area contributed by atoms with E-state index in [-0.39, 0.29) is 12.0 Å². The number of amides is 1. The highest BCUT2D eigenvalue weighted by Gasteiger charge is 2.19. The molecule has 0 fully saturated rings. The third kappa shape index (κ3) is 3.27. The van der Waals surface area contributed by atoms with Crippen LogP contribution < -0.4 is 5.32 Å². The maximum Gasteiger partial charge on any atom is 0.326 e. The van der Waals surface area contributed by atoms with Crippen molar-refractivity contribution in [2.24, 2.45) is 0 Å². The van der Waals surface area contributed by atoms with E-state index < -0.39 is 23.7 Å². The fraction of sp³-hybridized carbons (Fsp3) is 0.333. The van der Waals surface area contributed by atoms with Crippen molar-refractivity contribution in [3.63, 3.8) is 0 Å². The van der Waals surface area contributed by atoms with Gasteiger partial charge in [-0.05, 0) is 31.0 Å². The number of hydrogen-bond donors (Lipinski definition) is 2. The van der Waals surface area contributed by atoms with Crippen LogP contribution in [0, 0.1) is 12.7 Å². The number of halogens is 1. The van der Waals surface area contributed by atoms with Crippen molar-refractivity contribution in [2.75, 3.05) is 0 Å². The average Bonchev–Trinajstić information content (AvgIpc) is 2.28. The number of carboxylic acids is 1. The van der Waals surface area contributed by atoms with E-state index in [1.54, 1.807) is 13.8 Å². The van der Waals surface area contributed by atoms with Gasteiger partial charge in [0.2, 0.25) is 0 Å². The van der Waals surface area contributed by atoms with Gasteiger partial charge in [-0.25, -0.2) is 9.18 Å². The molecule has 4 nitrogen and oxygen atoms in total. The summed E-state index contributed by atoms with van der Waals surface area (Å²) in [6.45, 7) is 3.31. The Morgan fingerprint density at radius 1 is 1.47 bits per heavy atom. The standard InChI is InChI=1S/C12H14FNO3/c1-3-10(12(16)17)14-11(15)9-6-8(13)5-4-7(9)2/h4-6,10H,3H2,1-2H3,(H,14,15)(H,16,17). The predicted molar refractivity (Wildman–Crippen MR) is 60.3 cm³/mol. The van der Waals surface area contributed by atoms with Crippen molar-refractivity contribution in [3.8, 4) is 0 Å². The normalized spacial score (nSPS) is 11.9. The summed E-state index contributed by atoms with van der Waals surface area (Å²) in [6.07, 6.45) is 0.273. The summed E-state index contributed by atoms with van der Waals surface area (Å²) >= 11 is 0. The zero-order valence-electron chi connectivity index (χ0n) is 9.66. The minimum Gasteiger partial charge on any atom is -0.480 e. The summed E-state index contributed by atoms with van der Waals surface area (Å²) in [5.74, 6) is -2.20. The summed E-state index contributed by atoms with van der Waals surface area (Å²) in [4.78, 5) is 22.5. The number of rotatable bonds is 4. The SMILES string of the molecule is CCC(NC(=O)c1cc(F)ccc1C)C(=O)O. The molecule has 5 heteroatoms. The number of nitrogens with one attached hydrogen (secondary N) is 1. The molecular weight excluding hydrogens is 225 g/mol. The molecule has 2 N–H and O–H groups in total. The molecule has 1 aromatic rings. The van der Waals surface area contributed by atoms with Crippen molar-refractivity contribution in [1.29, 1.82) is 0 Å². The number of carbonyl (C=O) groups is 2. The molecule has 0 aliphatic rings. The van der Waals surface area contributed by atoms with Gasteiger partial charge in [0.1, 0.15) is 11.9 Å². The summed E-state index contributed by atoms with van der Waals surface area (Å²) in [5.41, 5.74) is 0.758. The molecule has 0 aliphatic carbocycles. The molecule has 0 saturated heterocycles. The second-order valence-corrected chi connectivity index (χ2v) is 3.73. The highest BCUT2D eigenvalue weighted by molar-refractivity contribution is 5.97. The van der Waals surface area contributed by atoms with Crippen LogP contribution in [0.3, 0.4) is 0 Å². The Morgan fingerprint density at radius 2 is 2.12 bits per heavy atom. The fourth-order valence-electron chi connectivity index (χ4n) is 1.41. The third-order valence-corrected chi connectivity index (χ3v) is 2.46. The number of aliphatic carboxylic acids is 1. The van der Waals surface area contributed by atoms with E-state index in [0.717, 1.165) is 6.07 Å². The maximum absolute atomic E-state index is 13.0. The lowest BCUT2D eigenvalue weighted by Gasteiger charge is -2.13. The Kier molecular flexibility index (Phi) is 4.20. The molecule has 0 aliphatic heterocycles. The summed E-state index contributed by atoms with van der Waals surface area (Å²) in [6, 6.07) is 2.87. The van der Waals surface area contributed by atoms with Crippen molar-refractivity contribution in [1.82, 2.24) is 5.32 Å². The quantitative estimate of drug-likeness (QED) is 0.840.